The van der Waals surface area contributed by atoms with Crippen molar-refractivity contribution >= 4 is 11.8 Å². The smallest absolute Gasteiger partial charge is 0.119 e. The van der Waals surface area contributed by atoms with Crippen LogP contribution in [0.4, 0.5) is 0 Å². The fraction of sp³-hybridized carbons (Fsp3) is 0.636. The van der Waals surface area contributed by atoms with E-state index in [1.165, 1.54) is 0 Å². The van der Waals surface area contributed by atoms with E-state index in [4.69, 9.17) is 5.11 Å². The molecule has 0 unspecified atom stereocenters. The van der Waals surface area contributed by atoms with Gasteiger partial charge in [-0.3, -0.25) is 9.88 Å². The zero-order valence-corrected chi connectivity index (χ0v) is 10.3. The van der Waals surface area contributed by atoms with Crippen molar-refractivity contribution in [2.45, 2.75) is 18.0 Å². The van der Waals surface area contributed by atoms with Gasteiger partial charge in [0.05, 0.1) is 5.69 Å². The van der Waals surface area contributed by atoms with Crippen LogP contribution in [0.25, 0.3) is 0 Å². The first-order valence-electron chi connectivity index (χ1n) is 5.50. The molecule has 1 aromatic rings. The highest BCUT2D eigenvalue weighted by Gasteiger charge is 2.22. The van der Waals surface area contributed by atoms with Crippen LogP contribution in [0, 0.1) is 5.92 Å². The second-order valence-electron chi connectivity index (χ2n) is 4.08. The molecule has 0 saturated carbocycles. The van der Waals surface area contributed by atoms with Crippen LogP contribution >= 0.6 is 11.8 Å². The van der Waals surface area contributed by atoms with Crippen LogP contribution in [0.15, 0.2) is 17.4 Å². The van der Waals surface area contributed by atoms with Gasteiger partial charge in [0.25, 0.3) is 0 Å². The first-order valence-corrected chi connectivity index (χ1v) is 6.73. The summed E-state index contributed by atoms with van der Waals surface area (Å²) in [5, 5.41) is 10.1. The molecule has 1 N–H and O–H groups in total. The third-order valence-electron chi connectivity index (χ3n) is 2.93. The van der Waals surface area contributed by atoms with Crippen molar-refractivity contribution in [2.75, 3.05) is 26.0 Å². The first kappa shape index (κ1) is 11.8. The second-order valence-corrected chi connectivity index (χ2v) is 4.88. The number of rotatable bonds is 4. The molecule has 5 heteroatoms. The normalized spacial score (nSPS) is 21.5. The van der Waals surface area contributed by atoms with E-state index in [1.54, 1.807) is 24.2 Å². The van der Waals surface area contributed by atoms with Crippen molar-refractivity contribution in [2.24, 2.45) is 5.92 Å². The molecule has 2 heterocycles. The fourth-order valence-electron chi connectivity index (χ4n) is 2.05. The van der Waals surface area contributed by atoms with Gasteiger partial charge in [-0.25, -0.2) is 4.98 Å². The number of hydrogen-bond donors (Lipinski definition) is 1. The lowest BCUT2D eigenvalue weighted by Gasteiger charge is -2.15. The molecule has 0 aliphatic carbocycles. The summed E-state index contributed by atoms with van der Waals surface area (Å²) in [6.45, 7) is 3.17. The van der Waals surface area contributed by atoms with Gasteiger partial charge in [0.15, 0.2) is 0 Å². The molecule has 1 fully saturated rings. The highest BCUT2D eigenvalue weighted by Crippen LogP contribution is 2.21. The van der Waals surface area contributed by atoms with Crippen molar-refractivity contribution in [1.82, 2.24) is 14.9 Å². The van der Waals surface area contributed by atoms with E-state index in [0.29, 0.717) is 12.5 Å². The highest BCUT2D eigenvalue weighted by atomic mass is 32.2. The molecular weight excluding hydrogens is 222 g/mol. The molecule has 0 bridgehead atoms. The Bertz CT molecular complexity index is 348. The third kappa shape index (κ3) is 2.72. The lowest BCUT2D eigenvalue weighted by molar-refractivity contribution is 0.219. The Morgan fingerprint density at radius 3 is 3.00 bits per heavy atom. The summed E-state index contributed by atoms with van der Waals surface area (Å²) in [4.78, 5) is 11.0. The average molecular weight is 239 g/mol. The maximum absolute atomic E-state index is 9.09. The minimum absolute atomic E-state index is 0.298. The van der Waals surface area contributed by atoms with E-state index in [1.807, 2.05) is 6.26 Å². The minimum atomic E-state index is 0.298. The van der Waals surface area contributed by atoms with Gasteiger partial charge in [-0.05, 0) is 25.1 Å². The van der Waals surface area contributed by atoms with Gasteiger partial charge in [-0.1, -0.05) is 0 Å². The minimum Gasteiger partial charge on any atom is -0.396 e. The maximum Gasteiger partial charge on any atom is 0.119 e. The number of aromatic nitrogens is 2. The Morgan fingerprint density at radius 2 is 2.31 bits per heavy atom. The van der Waals surface area contributed by atoms with Gasteiger partial charge in [-0.15, -0.1) is 11.8 Å². The number of nitrogens with zero attached hydrogens (tertiary/aromatic N) is 3. The number of thioether (sulfide) groups is 1. The SMILES string of the molecule is CSc1nccnc1CN1CC[C@H](CO)C1. The van der Waals surface area contributed by atoms with E-state index < -0.39 is 0 Å². The highest BCUT2D eigenvalue weighted by molar-refractivity contribution is 7.98. The molecule has 4 nitrogen and oxygen atoms in total. The van der Waals surface area contributed by atoms with E-state index in [9.17, 15) is 0 Å². The van der Waals surface area contributed by atoms with Crippen LogP contribution in [-0.2, 0) is 6.54 Å². The summed E-state index contributed by atoms with van der Waals surface area (Å²) in [5.41, 5.74) is 1.05. The molecular formula is C11H17N3OS. The van der Waals surface area contributed by atoms with Gasteiger partial charge in [-0.2, -0.15) is 0 Å². The lowest BCUT2D eigenvalue weighted by Crippen LogP contribution is -2.22. The van der Waals surface area contributed by atoms with Crippen molar-refractivity contribution in [1.29, 1.82) is 0 Å². The second kappa shape index (κ2) is 5.61. The van der Waals surface area contributed by atoms with Crippen LogP contribution in [0.3, 0.4) is 0 Å². The summed E-state index contributed by atoms with van der Waals surface area (Å²) in [6, 6.07) is 0. The zero-order chi connectivity index (χ0) is 11.4. The average Bonchev–Trinajstić information content (AvgIpc) is 2.77. The zero-order valence-electron chi connectivity index (χ0n) is 9.46. The summed E-state index contributed by atoms with van der Waals surface area (Å²) in [6.07, 6.45) is 6.59. The largest absolute Gasteiger partial charge is 0.396 e. The van der Waals surface area contributed by atoms with Crippen molar-refractivity contribution in [3.05, 3.63) is 18.1 Å². The van der Waals surface area contributed by atoms with Gasteiger partial charge < -0.3 is 5.11 Å². The summed E-state index contributed by atoms with van der Waals surface area (Å²) >= 11 is 1.64. The molecule has 16 heavy (non-hydrogen) atoms. The van der Waals surface area contributed by atoms with Gasteiger partial charge in [0.2, 0.25) is 0 Å². The standard InChI is InChI=1S/C11H17N3OS/c1-16-11-10(12-3-4-13-11)7-14-5-2-9(6-14)8-15/h3-4,9,15H,2,5-8H2,1H3/t9-/m0/s1. The molecule has 0 spiro atoms. The first-order chi connectivity index (χ1) is 7.83. The van der Waals surface area contributed by atoms with E-state index in [-0.39, 0.29) is 0 Å². The monoisotopic (exact) mass is 239 g/mol. The third-order valence-corrected chi connectivity index (χ3v) is 3.66. The van der Waals surface area contributed by atoms with E-state index in [0.717, 1.165) is 36.8 Å². The number of aliphatic hydroxyl groups excluding tert-OH is 1. The van der Waals surface area contributed by atoms with Gasteiger partial charge in [0, 0.05) is 32.1 Å². The van der Waals surface area contributed by atoms with Crippen LogP contribution in [-0.4, -0.2) is 45.9 Å². The molecule has 2 rings (SSSR count). The Labute approximate surface area is 100 Å². The van der Waals surface area contributed by atoms with Crippen LogP contribution < -0.4 is 0 Å². The van der Waals surface area contributed by atoms with E-state index in [2.05, 4.69) is 14.9 Å². The molecule has 0 aromatic carbocycles. The van der Waals surface area contributed by atoms with Gasteiger partial charge >= 0.3 is 0 Å². The fourth-order valence-corrected chi connectivity index (χ4v) is 2.57. The lowest BCUT2D eigenvalue weighted by atomic mass is 10.1. The Hall–Kier alpha value is -0.650. The van der Waals surface area contributed by atoms with Crippen LogP contribution in [0.1, 0.15) is 12.1 Å². The molecule has 88 valence electrons. The van der Waals surface area contributed by atoms with E-state index >= 15 is 0 Å². The predicted octanol–water partition coefficient (Wildman–Crippen LogP) is 1.01. The molecule has 0 radical (unpaired) electrons. The van der Waals surface area contributed by atoms with Crippen molar-refractivity contribution in [3.8, 4) is 0 Å². The summed E-state index contributed by atoms with van der Waals surface area (Å²) in [5.74, 6) is 0.439. The maximum atomic E-state index is 9.09. The Kier molecular flexibility index (Phi) is 4.15. The summed E-state index contributed by atoms with van der Waals surface area (Å²) < 4.78 is 0. The topological polar surface area (TPSA) is 49.2 Å². The molecule has 0 amide bonds. The molecule has 1 saturated heterocycles. The van der Waals surface area contributed by atoms with Crippen molar-refractivity contribution in [3.63, 3.8) is 0 Å². The summed E-state index contributed by atoms with van der Waals surface area (Å²) in [7, 11) is 0. The molecule has 1 atom stereocenters. The molecule has 1 aliphatic heterocycles. The molecule has 1 aromatic heterocycles. The molecule has 1 aliphatic rings. The Balaban J connectivity index is 1.99. The van der Waals surface area contributed by atoms with Crippen LogP contribution in [0.5, 0.6) is 0 Å². The quantitative estimate of drug-likeness (QED) is 0.795. The van der Waals surface area contributed by atoms with Crippen molar-refractivity contribution < 1.29 is 5.11 Å². The predicted molar refractivity (Wildman–Crippen MR) is 64.3 cm³/mol. The van der Waals surface area contributed by atoms with Gasteiger partial charge in [0.1, 0.15) is 5.03 Å². The van der Waals surface area contributed by atoms with Crippen LogP contribution in [0.2, 0.25) is 0 Å². The number of aliphatic hydroxyl groups is 1. The number of hydrogen-bond acceptors (Lipinski definition) is 5. The Morgan fingerprint density at radius 1 is 1.50 bits per heavy atom. The number of likely N-dealkylation sites (tertiary alicyclic amines) is 1.